The van der Waals surface area contributed by atoms with Crippen LogP contribution in [0.25, 0.3) is 0 Å². The molecule has 27 heavy (non-hydrogen) atoms. The zero-order valence-corrected chi connectivity index (χ0v) is 16.4. The van der Waals surface area contributed by atoms with Crippen LogP contribution in [0.5, 0.6) is 5.75 Å². The molecule has 0 fully saturated rings. The van der Waals surface area contributed by atoms with E-state index in [2.05, 4.69) is 5.32 Å². The highest BCUT2D eigenvalue weighted by Crippen LogP contribution is 2.38. The Labute approximate surface area is 160 Å². The van der Waals surface area contributed by atoms with Crippen LogP contribution in [0.15, 0.2) is 36.4 Å². The number of hydrogen-bond donors (Lipinski definition) is 1. The van der Waals surface area contributed by atoms with Crippen molar-refractivity contribution in [2.24, 2.45) is 0 Å². The van der Waals surface area contributed by atoms with E-state index in [-0.39, 0.29) is 23.8 Å². The Morgan fingerprint density at radius 1 is 1.26 bits per heavy atom. The number of amides is 1. The summed E-state index contributed by atoms with van der Waals surface area (Å²) in [5, 5.41) is 3.50. The number of hydrogen-bond acceptors (Lipinski definition) is 3. The van der Waals surface area contributed by atoms with Crippen molar-refractivity contribution in [1.82, 2.24) is 4.90 Å². The second kappa shape index (κ2) is 7.99. The molecule has 0 heterocycles. The number of methoxy groups -OCH3 is 1. The number of carbonyl (C=O) groups is 1. The second-order valence-electron chi connectivity index (χ2n) is 7.32. The lowest BCUT2D eigenvalue weighted by Crippen LogP contribution is -2.34. The molecule has 0 unspecified atom stereocenters. The van der Waals surface area contributed by atoms with E-state index in [0.29, 0.717) is 18.7 Å². The summed E-state index contributed by atoms with van der Waals surface area (Å²) in [7, 11) is 1.49. The SMILES string of the molecule is COc1ccc2c(c1F)CC[C@@H]2Nc1ccc(CN(C(C)=O)C(C)C)cc1. The van der Waals surface area contributed by atoms with Crippen molar-refractivity contribution in [1.29, 1.82) is 0 Å². The molecule has 2 aromatic carbocycles. The van der Waals surface area contributed by atoms with Crippen LogP contribution in [-0.4, -0.2) is 24.0 Å². The third kappa shape index (κ3) is 4.07. The number of ether oxygens (including phenoxy) is 1. The first-order valence-electron chi connectivity index (χ1n) is 9.38. The minimum absolute atomic E-state index is 0.0761. The molecule has 0 saturated heterocycles. The van der Waals surface area contributed by atoms with Gasteiger partial charge in [-0.15, -0.1) is 0 Å². The number of carbonyl (C=O) groups excluding carboxylic acids is 1. The quantitative estimate of drug-likeness (QED) is 0.802. The molecule has 3 rings (SSSR count). The normalized spacial score (nSPS) is 15.6. The lowest BCUT2D eigenvalue weighted by molar-refractivity contribution is -0.131. The van der Waals surface area contributed by atoms with Gasteiger partial charge in [0.15, 0.2) is 11.6 Å². The van der Waals surface area contributed by atoms with Gasteiger partial charge in [-0.25, -0.2) is 4.39 Å². The molecule has 2 aromatic rings. The minimum Gasteiger partial charge on any atom is -0.494 e. The third-order valence-electron chi connectivity index (χ3n) is 5.20. The van der Waals surface area contributed by atoms with Crippen molar-refractivity contribution in [3.63, 3.8) is 0 Å². The smallest absolute Gasteiger partial charge is 0.219 e. The summed E-state index contributed by atoms with van der Waals surface area (Å²) in [6.07, 6.45) is 1.56. The van der Waals surface area contributed by atoms with Crippen LogP contribution in [0.2, 0.25) is 0 Å². The molecule has 0 aliphatic heterocycles. The fourth-order valence-corrected chi connectivity index (χ4v) is 3.71. The number of nitrogens with one attached hydrogen (secondary N) is 1. The molecule has 0 aromatic heterocycles. The topological polar surface area (TPSA) is 41.6 Å². The van der Waals surface area contributed by atoms with Crippen molar-refractivity contribution >= 4 is 11.6 Å². The van der Waals surface area contributed by atoms with E-state index in [1.165, 1.54) is 7.11 Å². The zero-order valence-electron chi connectivity index (χ0n) is 16.4. The fraction of sp³-hybridized carbons (Fsp3) is 0.409. The number of rotatable bonds is 6. The Bertz CT molecular complexity index is 818. The molecule has 1 aliphatic rings. The summed E-state index contributed by atoms with van der Waals surface area (Å²) >= 11 is 0. The fourth-order valence-electron chi connectivity index (χ4n) is 3.71. The molecular formula is C22H27FN2O2. The molecule has 0 saturated carbocycles. The van der Waals surface area contributed by atoms with Gasteiger partial charge in [0, 0.05) is 25.2 Å². The summed E-state index contributed by atoms with van der Waals surface area (Å²) in [5.41, 5.74) is 3.83. The van der Waals surface area contributed by atoms with Crippen LogP contribution in [0.4, 0.5) is 10.1 Å². The molecule has 0 spiro atoms. The average molecular weight is 370 g/mol. The molecule has 1 amide bonds. The first-order valence-corrected chi connectivity index (χ1v) is 9.38. The Morgan fingerprint density at radius 3 is 2.56 bits per heavy atom. The summed E-state index contributed by atoms with van der Waals surface area (Å²) in [5.74, 6) is 0.138. The predicted molar refractivity (Wildman–Crippen MR) is 105 cm³/mol. The molecule has 1 aliphatic carbocycles. The molecule has 144 valence electrons. The third-order valence-corrected chi connectivity index (χ3v) is 5.20. The van der Waals surface area contributed by atoms with Crippen LogP contribution >= 0.6 is 0 Å². The van der Waals surface area contributed by atoms with E-state index in [1.807, 2.05) is 49.1 Å². The van der Waals surface area contributed by atoms with E-state index in [1.54, 1.807) is 13.0 Å². The maximum Gasteiger partial charge on any atom is 0.219 e. The molecule has 4 nitrogen and oxygen atoms in total. The summed E-state index contributed by atoms with van der Waals surface area (Å²) in [4.78, 5) is 13.6. The molecule has 1 atom stereocenters. The molecule has 0 bridgehead atoms. The highest BCUT2D eigenvalue weighted by atomic mass is 19.1. The predicted octanol–water partition coefficient (Wildman–Crippen LogP) is 4.69. The number of nitrogens with zero attached hydrogens (tertiary/aromatic N) is 1. The van der Waals surface area contributed by atoms with Gasteiger partial charge in [-0.3, -0.25) is 4.79 Å². The van der Waals surface area contributed by atoms with E-state index in [9.17, 15) is 9.18 Å². The van der Waals surface area contributed by atoms with Gasteiger partial charge in [-0.1, -0.05) is 18.2 Å². The Hall–Kier alpha value is -2.56. The van der Waals surface area contributed by atoms with E-state index in [4.69, 9.17) is 4.74 Å². The van der Waals surface area contributed by atoms with Gasteiger partial charge in [-0.2, -0.15) is 0 Å². The van der Waals surface area contributed by atoms with Gasteiger partial charge in [0.2, 0.25) is 5.91 Å². The standard InChI is InChI=1S/C22H27FN2O2/c1-14(2)25(15(3)26)13-16-5-7-17(8-6-16)24-20-11-9-19-18(20)10-12-21(27-4)22(19)23/h5-8,10,12,14,20,24H,9,11,13H2,1-4H3/t20-/m0/s1. The zero-order chi connectivity index (χ0) is 19.6. The van der Waals surface area contributed by atoms with Crippen LogP contribution in [0.1, 0.15) is 49.9 Å². The van der Waals surface area contributed by atoms with Gasteiger partial charge in [0.25, 0.3) is 0 Å². The summed E-state index contributed by atoms with van der Waals surface area (Å²) < 4.78 is 19.5. The minimum atomic E-state index is -0.243. The van der Waals surface area contributed by atoms with Gasteiger partial charge < -0.3 is 15.0 Å². The highest BCUT2D eigenvalue weighted by Gasteiger charge is 2.26. The molecule has 5 heteroatoms. The number of benzene rings is 2. The van der Waals surface area contributed by atoms with Crippen molar-refractivity contribution in [3.8, 4) is 5.75 Å². The number of fused-ring (bicyclic) bond motifs is 1. The largest absolute Gasteiger partial charge is 0.494 e. The van der Waals surface area contributed by atoms with Crippen molar-refractivity contribution < 1.29 is 13.9 Å². The van der Waals surface area contributed by atoms with Crippen LogP contribution in [0, 0.1) is 5.82 Å². The van der Waals surface area contributed by atoms with Crippen molar-refractivity contribution in [2.75, 3.05) is 12.4 Å². The first kappa shape index (κ1) is 19.2. The van der Waals surface area contributed by atoms with E-state index in [0.717, 1.165) is 28.8 Å². The highest BCUT2D eigenvalue weighted by molar-refractivity contribution is 5.73. The lowest BCUT2D eigenvalue weighted by Gasteiger charge is -2.25. The van der Waals surface area contributed by atoms with Crippen LogP contribution < -0.4 is 10.1 Å². The maximum atomic E-state index is 14.4. The lowest BCUT2D eigenvalue weighted by atomic mass is 10.1. The van der Waals surface area contributed by atoms with Gasteiger partial charge >= 0.3 is 0 Å². The maximum absolute atomic E-state index is 14.4. The Kier molecular flexibility index (Phi) is 5.68. The summed E-state index contributed by atoms with van der Waals surface area (Å²) in [6.45, 7) is 6.23. The van der Waals surface area contributed by atoms with Gasteiger partial charge in [0.1, 0.15) is 0 Å². The van der Waals surface area contributed by atoms with Crippen molar-refractivity contribution in [2.45, 2.75) is 52.2 Å². The van der Waals surface area contributed by atoms with E-state index < -0.39 is 0 Å². The van der Waals surface area contributed by atoms with Gasteiger partial charge in [0.05, 0.1) is 13.2 Å². The summed E-state index contributed by atoms with van der Waals surface area (Å²) in [6, 6.07) is 12.0. The molecule has 1 N–H and O–H groups in total. The van der Waals surface area contributed by atoms with Crippen LogP contribution in [-0.2, 0) is 17.8 Å². The monoisotopic (exact) mass is 370 g/mol. The van der Waals surface area contributed by atoms with Gasteiger partial charge in [-0.05, 0) is 61.6 Å². The molecule has 0 radical (unpaired) electrons. The number of anilines is 1. The van der Waals surface area contributed by atoms with E-state index >= 15 is 0 Å². The Balaban J connectivity index is 1.70. The van der Waals surface area contributed by atoms with Crippen molar-refractivity contribution in [3.05, 3.63) is 58.9 Å². The molecular weight excluding hydrogens is 343 g/mol. The average Bonchev–Trinajstić information content (AvgIpc) is 3.04. The Morgan fingerprint density at radius 2 is 1.96 bits per heavy atom. The first-order chi connectivity index (χ1) is 12.9. The second-order valence-corrected chi connectivity index (χ2v) is 7.32. The van der Waals surface area contributed by atoms with Crippen LogP contribution in [0.3, 0.4) is 0 Å². The number of halogens is 1.